The molecule has 3 heterocycles. The summed E-state index contributed by atoms with van der Waals surface area (Å²) in [6.45, 7) is 0.220. The maximum Gasteiger partial charge on any atom is 0.416 e. The molecule has 1 saturated heterocycles. The zero-order valence-electron chi connectivity index (χ0n) is 17.9. The fraction of sp³-hybridized carbons (Fsp3) is 0.318. The van der Waals surface area contributed by atoms with E-state index in [9.17, 15) is 26.4 Å². The molecule has 4 rings (SSSR count). The second-order valence-electron chi connectivity index (χ2n) is 7.90. The molecule has 0 spiro atoms. The Morgan fingerprint density at radius 3 is 2.49 bits per heavy atom. The number of rotatable bonds is 7. The second-order valence-corrected chi connectivity index (χ2v) is 12.1. The highest BCUT2D eigenvalue weighted by atomic mass is 35.5. The van der Waals surface area contributed by atoms with Gasteiger partial charge in [-0.3, -0.25) is 4.79 Å². The number of carbonyl (C=O) groups is 1. The van der Waals surface area contributed by atoms with Gasteiger partial charge in [0.1, 0.15) is 14.9 Å². The van der Waals surface area contributed by atoms with Crippen molar-refractivity contribution in [3.05, 3.63) is 63.3 Å². The summed E-state index contributed by atoms with van der Waals surface area (Å²) in [6.07, 6.45) is -1.91. The van der Waals surface area contributed by atoms with Gasteiger partial charge in [0.25, 0.3) is 10.0 Å². The molecule has 1 fully saturated rings. The number of aromatic nitrogens is 2. The van der Waals surface area contributed by atoms with E-state index < -0.39 is 27.8 Å². The molecule has 3 aromatic rings. The molecule has 13 heteroatoms. The molecular formula is C22H18Cl2F3N3O3S2. The first-order valence-electron chi connectivity index (χ1n) is 10.4. The molecule has 0 aliphatic carbocycles. The Kier molecular flexibility index (Phi) is 7.54. The van der Waals surface area contributed by atoms with Crippen LogP contribution in [-0.2, 0) is 27.4 Å². The average molecular weight is 564 g/mol. The van der Waals surface area contributed by atoms with Crippen molar-refractivity contribution in [3.8, 4) is 11.3 Å². The van der Waals surface area contributed by atoms with Gasteiger partial charge in [0.05, 0.1) is 22.3 Å². The molecule has 2 aromatic heterocycles. The first-order chi connectivity index (χ1) is 16.5. The van der Waals surface area contributed by atoms with Crippen molar-refractivity contribution < 1.29 is 26.4 Å². The molecule has 1 aliphatic rings. The van der Waals surface area contributed by atoms with Crippen LogP contribution in [0, 0.1) is 0 Å². The maximum absolute atomic E-state index is 13.1. The summed E-state index contributed by atoms with van der Waals surface area (Å²) in [4.78, 5) is 21.2. The molecule has 1 atom stereocenters. The summed E-state index contributed by atoms with van der Waals surface area (Å²) in [5.74, 6) is -0.241. The average Bonchev–Trinajstić information content (AvgIpc) is 3.45. The number of benzene rings is 1. The van der Waals surface area contributed by atoms with Crippen LogP contribution in [0.2, 0.25) is 9.36 Å². The normalized spacial score (nSPS) is 17.1. The van der Waals surface area contributed by atoms with Gasteiger partial charge in [0, 0.05) is 24.2 Å². The lowest BCUT2D eigenvalue weighted by Gasteiger charge is -2.22. The number of Topliss-reactive ketones (excluding diaryl/α,β-unsaturated/α-hetero) is 1. The molecule has 0 N–H and O–H groups in total. The molecular weight excluding hydrogens is 546 g/mol. The number of carbonyl (C=O) groups excluding carboxylic acids is 1. The lowest BCUT2D eigenvalue weighted by Crippen LogP contribution is -2.40. The number of ketones is 1. The van der Waals surface area contributed by atoms with E-state index in [1.54, 1.807) is 6.07 Å². The molecule has 186 valence electrons. The lowest BCUT2D eigenvalue weighted by atomic mass is 10.0. The third kappa shape index (κ3) is 5.69. The summed E-state index contributed by atoms with van der Waals surface area (Å²) < 4.78 is 65.8. The van der Waals surface area contributed by atoms with E-state index in [1.807, 2.05) is 0 Å². The van der Waals surface area contributed by atoms with Crippen molar-refractivity contribution in [2.45, 2.75) is 42.1 Å². The number of nitrogens with zero attached hydrogens (tertiary/aromatic N) is 3. The highest BCUT2D eigenvalue weighted by molar-refractivity contribution is 7.91. The summed E-state index contributed by atoms with van der Waals surface area (Å²) in [6, 6.07) is 6.69. The molecule has 35 heavy (non-hydrogen) atoms. The number of thiophene rings is 1. The largest absolute Gasteiger partial charge is 0.416 e. The predicted molar refractivity (Wildman–Crippen MR) is 127 cm³/mol. The van der Waals surface area contributed by atoms with Gasteiger partial charge < -0.3 is 0 Å². The van der Waals surface area contributed by atoms with E-state index in [-0.39, 0.29) is 38.7 Å². The molecule has 0 bridgehead atoms. The SMILES string of the molecule is O=C(CCc1cc(-c2ccc(C(F)(F)F)cc2)ncn1)[C@@H]1CCCN1S(=O)(=O)c1cc(Cl)c(Cl)s1. The minimum absolute atomic E-state index is 0.0100. The van der Waals surface area contributed by atoms with E-state index in [0.29, 0.717) is 29.8 Å². The van der Waals surface area contributed by atoms with Crippen molar-refractivity contribution >= 4 is 50.3 Å². The Balaban J connectivity index is 1.45. The topological polar surface area (TPSA) is 80.2 Å². The van der Waals surface area contributed by atoms with Crippen LogP contribution < -0.4 is 0 Å². The van der Waals surface area contributed by atoms with Gasteiger partial charge >= 0.3 is 6.18 Å². The monoisotopic (exact) mass is 563 g/mol. The number of sulfonamides is 1. The molecule has 1 aromatic carbocycles. The zero-order chi connectivity index (χ0) is 25.4. The lowest BCUT2D eigenvalue weighted by molar-refractivity contribution is -0.137. The van der Waals surface area contributed by atoms with Gasteiger partial charge in [-0.25, -0.2) is 18.4 Å². The number of hydrogen-bond donors (Lipinski definition) is 0. The van der Waals surface area contributed by atoms with Crippen molar-refractivity contribution in [2.24, 2.45) is 0 Å². The van der Waals surface area contributed by atoms with Gasteiger partial charge in [0.2, 0.25) is 0 Å². The van der Waals surface area contributed by atoms with Crippen LogP contribution in [0.5, 0.6) is 0 Å². The van der Waals surface area contributed by atoms with Crippen LogP contribution >= 0.6 is 34.5 Å². The van der Waals surface area contributed by atoms with E-state index >= 15 is 0 Å². The Morgan fingerprint density at radius 1 is 1.14 bits per heavy atom. The van der Waals surface area contributed by atoms with Crippen LogP contribution in [-0.4, -0.2) is 41.1 Å². The molecule has 6 nitrogen and oxygen atoms in total. The Hall–Kier alpha value is -2.05. The smallest absolute Gasteiger partial charge is 0.298 e. The van der Waals surface area contributed by atoms with Crippen molar-refractivity contribution in [3.63, 3.8) is 0 Å². The van der Waals surface area contributed by atoms with Gasteiger partial charge in [-0.2, -0.15) is 17.5 Å². The molecule has 0 unspecified atom stereocenters. The van der Waals surface area contributed by atoms with Crippen LogP contribution in [0.1, 0.15) is 30.5 Å². The van der Waals surface area contributed by atoms with Crippen LogP contribution in [0.4, 0.5) is 13.2 Å². The maximum atomic E-state index is 13.1. The number of hydrogen-bond acceptors (Lipinski definition) is 6. The Morgan fingerprint density at radius 2 is 1.86 bits per heavy atom. The Bertz CT molecular complexity index is 1330. The number of alkyl halides is 3. The third-order valence-electron chi connectivity index (χ3n) is 5.62. The second kappa shape index (κ2) is 10.1. The fourth-order valence-electron chi connectivity index (χ4n) is 3.86. The van der Waals surface area contributed by atoms with E-state index in [2.05, 4.69) is 9.97 Å². The van der Waals surface area contributed by atoms with Crippen molar-refractivity contribution in [1.82, 2.24) is 14.3 Å². The van der Waals surface area contributed by atoms with Crippen LogP contribution in [0.3, 0.4) is 0 Å². The summed E-state index contributed by atoms with van der Waals surface area (Å²) in [5, 5.41) is 0.143. The Labute approximate surface area is 213 Å². The number of aryl methyl sites for hydroxylation is 1. The highest BCUT2D eigenvalue weighted by Gasteiger charge is 2.40. The highest BCUT2D eigenvalue weighted by Crippen LogP contribution is 2.38. The first kappa shape index (κ1) is 26.0. The van der Waals surface area contributed by atoms with Gasteiger partial charge in [-0.1, -0.05) is 35.3 Å². The molecule has 1 aliphatic heterocycles. The van der Waals surface area contributed by atoms with Crippen molar-refractivity contribution in [2.75, 3.05) is 6.54 Å². The summed E-state index contributed by atoms with van der Waals surface area (Å²) in [5.41, 5.74) is 0.666. The van der Waals surface area contributed by atoms with E-state index in [0.717, 1.165) is 23.5 Å². The molecule has 0 amide bonds. The van der Waals surface area contributed by atoms with E-state index in [4.69, 9.17) is 23.2 Å². The summed E-state index contributed by atoms with van der Waals surface area (Å²) >= 11 is 12.7. The first-order valence-corrected chi connectivity index (χ1v) is 13.5. The van der Waals surface area contributed by atoms with Crippen LogP contribution in [0.15, 0.2) is 46.9 Å². The number of halogens is 5. The van der Waals surface area contributed by atoms with Crippen molar-refractivity contribution in [1.29, 1.82) is 0 Å². The van der Waals surface area contributed by atoms with Gasteiger partial charge in [-0.15, -0.1) is 11.3 Å². The standard InChI is InChI=1S/C22H18Cl2F3N3O3S2/c23-16-11-20(34-21(16)24)35(32,33)30-9-1-2-18(30)19(31)8-7-15-10-17(29-12-28-15)13-3-5-14(6-4-13)22(25,26)27/h3-6,10-12,18H,1-2,7-9H2/t18-/m0/s1. The fourth-order valence-corrected chi connectivity index (χ4v) is 7.55. The third-order valence-corrected chi connectivity index (χ3v) is 9.84. The zero-order valence-corrected chi connectivity index (χ0v) is 21.1. The van der Waals surface area contributed by atoms with Crippen LogP contribution in [0.25, 0.3) is 11.3 Å². The molecule has 0 radical (unpaired) electrons. The minimum Gasteiger partial charge on any atom is -0.298 e. The quantitative estimate of drug-likeness (QED) is 0.358. The van der Waals surface area contributed by atoms with Gasteiger partial charge in [-0.05, 0) is 43.5 Å². The summed E-state index contributed by atoms with van der Waals surface area (Å²) in [7, 11) is -3.92. The van der Waals surface area contributed by atoms with E-state index in [1.165, 1.54) is 28.8 Å². The predicted octanol–water partition coefficient (Wildman–Crippen LogP) is 5.89. The minimum atomic E-state index is -4.43. The molecule has 0 saturated carbocycles. The van der Waals surface area contributed by atoms with Gasteiger partial charge in [0.15, 0.2) is 5.78 Å².